The molecular weight excluding hydrogens is 358 g/mol. The van der Waals surface area contributed by atoms with E-state index in [4.69, 9.17) is 16.0 Å². The Morgan fingerprint density at radius 2 is 1.63 bits per heavy atom. The molecule has 1 heterocycles. The predicted molar refractivity (Wildman–Crippen MR) is 112 cm³/mol. The van der Waals surface area contributed by atoms with Gasteiger partial charge in [-0.25, -0.2) is 0 Å². The van der Waals surface area contributed by atoms with Crippen LogP contribution in [0.25, 0.3) is 17.4 Å². The Kier molecular flexibility index (Phi) is 5.52. The molecule has 2 aromatic carbocycles. The number of carbonyl (C=O) groups excluding carboxylic acids is 1. The molecule has 0 radical (unpaired) electrons. The zero-order chi connectivity index (χ0) is 19.4. The molecule has 3 aromatic rings. The van der Waals surface area contributed by atoms with Crippen LogP contribution in [0.3, 0.4) is 0 Å². The molecule has 3 rings (SSSR count). The van der Waals surface area contributed by atoms with E-state index in [1.807, 2.05) is 60.7 Å². The van der Waals surface area contributed by atoms with Crippen molar-refractivity contribution in [3.05, 3.63) is 83.1 Å². The van der Waals surface area contributed by atoms with E-state index in [0.717, 1.165) is 17.0 Å². The first kappa shape index (κ1) is 19.0. The topological polar surface area (TPSA) is 42.2 Å². The molecule has 0 aliphatic carbocycles. The Morgan fingerprint density at radius 3 is 2.26 bits per heavy atom. The summed E-state index contributed by atoms with van der Waals surface area (Å²) in [4.78, 5) is 12.1. The first-order chi connectivity index (χ1) is 12.8. The van der Waals surface area contributed by atoms with Gasteiger partial charge in [0.1, 0.15) is 11.5 Å². The van der Waals surface area contributed by atoms with E-state index in [0.29, 0.717) is 10.8 Å². The number of anilines is 1. The van der Waals surface area contributed by atoms with E-state index in [1.165, 1.54) is 11.6 Å². The number of amides is 1. The highest BCUT2D eigenvalue weighted by Gasteiger charge is 2.13. The van der Waals surface area contributed by atoms with Crippen molar-refractivity contribution in [1.29, 1.82) is 0 Å². The van der Waals surface area contributed by atoms with Crippen LogP contribution in [0.4, 0.5) is 5.69 Å². The highest BCUT2D eigenvalue weighted by molar-refractivity contribution is 6.30. The molecule has 0 saturated heterocycles. The van der Waals surface area contributed by atoms with Gasteiger partial charge >= 0.3 is 0 Å². The molecule has 27 heavy (non-hydrogen) atoms. The van der Waals surface area contributed by atoms with Crippen LogP contribution in [-0.4, -0.2) is 5.91 Å². The molecule has 0 fully saturated rings. The number of furan rings is 1. The monoisotopic (exact) mass is 379 g/mol. The van der Waals surface area contributed by atoms with Gasteiger partial charge in [-0.2, -0.15) is 0 Å². The molecule has 0 aliphatic heterocycles. The number of nitrogens with one attached hydrogen (secondary N) is 1. The Bertz CT molecular complexity index is 945. The van der Waals surface area contributed by atoms with Crippen LogP contribution >= 0.6 is 11.6 Å². The summed E-state index contributed by atoms with van der Waals surface area (Å²) in [6, 6.07) is 19.0. The molecule has 1 aromatic heterocycles. The van der Waals surface area contributed by atoms with Crippen molar-refractivity contribution in [2.45, 2.75) is 26.2 Å². The van der Waals surface area contributed by atoms with Gasteiger partial charge in [0, 0.05) is 22.3 Å². The third kappa shape index (κ3) is 5.11. The smallest absolute Gasteiger partial charge is 0.248 e. The molecule has 1 amide bonds. The molecule has 0 unspecified atom stereocenters. The van der Waals surface area contributed by atoms with Crippen molar-refractivity contribution < 1.29 is 9.21 Å². The lowest BCUT2D eigenvalue weighted by atomic mass is 9.87. The summed E-state index contributed by atoms with van der Waals surface area (Å²) in [5.74, 6) is 1.13. The zero-order valence-electron chi connectivity index (χ0n) is 15.6. The molecule has 0 aliphatic rings. The van der Waals surface area contributed by atoms with E-state index in [9.17, 15) is 4.79 Å². The molecule has 0 bridgehead atoms. The first-order valence-electron chi connectivity index (χ1n) is 8.77. The summed E-state index contributed by atoms with van der Waals surface area (Å²) in [7, 11) is 0. The summed E-state index contributed by atoms with van der Waals surface area (Å²) in [6.45, 7) is 6.47. The second-order valence-electron chi connectivity index (χ2n) is 7.36. The highest BCUT2D eigenvalue weighted by Crippen LogP contribution is 2.25. The lowest BCUT2D eigenvalue weighted by molar-refractivity contribution is -0.111. The van der Waals surface area contributed by atoms with E-state index in [-0.39, 0.29) is 11.3 Å². The Hall–Kier alpha value is -2.78. The average molecular weight is 380 g/mol. The van der Waals surface area contributed by atoms with E-state index in [2.05, 4.69) is 26.1 Å². The lowest BCUT2D eigenvalue weighted by Gasteiger charge is -2.19. The molecule has 138 valence electrons. The van der Waals surface area contributed by atoms with Crippen molar-refractivity contribution in [2.75, 3.05) is 5.32 Å². The molecule has 0 saturated carbocycles. The fraction of sp³-hybridized carbons (Fsp3) is 0.174. The molecular formula is C23H22ClNO2. The number of hydrogen-bond donors (Lipinski definition) is 1. The van der Waals surface area contributed by atoms with E-state index in [1.54, 1.807) is 6.08 Å². The van der Waals surface area contributed by atoms with Gasteiger partial charge in [-0.05, 0) is 65.6 Å². The average Bonchev–Trinajstić information content (AvgIpc) is 3.09. The second kappa shape index (κ2) is 7.85. The number of rotatable bonds is 4. The largest absolute Gasteiger partial charge is 0.457 e. The maximum Gasteiger partial charge on any atom is 0.248 e. The van der Waals surface area contributed by atoms with Crippen molar-refractivity contribution >= 4 is 29.3 Å². The molecule has 1 N–H and O–H groups in total. The van der Waals surface area contributed by atoms with Crippen LogP contribution in [-0.2, 0) is 10.2 Å². The van der Waals surface area contributed by atoms with E-state index < -0.39 is 0 Å². The summed E-state index contributed by atoms with van der Waals surface area (Å²) >= 11 is 5.90. The predicted octanol–water partition coefficient (Wildman–Crippen LogP) is 6.55. The maximum atomic E-state index is 12.1. The third-order valence-electron chi connectivity index (χ3n) is 4.17. The van der Waals surface area contributed by atoms with Crippen LogP contribution in [0.5, 0.6) is 0 Å². The summed E-state index contributed by atoms with van der Waals surface area (Å²) < 4.78 is 5.75. The Balaban J connectivity index is 1.62. The van der Waals surface area contributed by atoms with Gasteiger partial charge in [0.25, 0.3) is 0 Å². The molecule has 4 heteroatoms. The lowest BCUT2D eigenvalue weighted by Crippen LogP contribution is -2.12. The van der Waals surface area contributed by atoms with Crippen LogP contribution < -0.4 is 5.32 Å². The molecule has 3 nitrogen and oxygen atoms in total. The number of carbonyl (C=O) groups is 1. The van der Waals surface area contributed by atoms with Crippen LogP contribution in [0.15, 0.2) is 71.2 Å². The third-order valence-corrected chi connectivity index (χ3v) is 4.42. The second-order valence-corrected chi connectivity index (χ2v) is 7.80. The SMILES string of the molecule is CC(C)(C)c1ccc(NC(=O)C=Cc2ccc(-c3ccc(Cl)cc3)o2)cc1. The van der Waals surface area contributed by atoms with Crippen molar-refractivity contribution in [1.82, 2.24) is 0 Å². The van der Waals surface area contributed by atoms with Gasteiger partial charge in [0.15, 0.2) is 0 Å². The number of halogens is 1. The zero-order valence-corrected chi connectivity index (χ0v) is 16.4. The quantitative estimate of drug-likeness (QED) is 0.522. The normalized spacial score (nSPS) is 11.7. The Morgan fingerprint density at radius 1 is 0.963 bits per heavy atom. The molecule has 0 atom stereocenters. The van der Waals surface area contributed by atoms with Gasteiger partial charge in [-0.15, -0.1) is 0 Å². The Labute approximate surface area is 164 Å². The minimum atomic E-state index is -0.206. The number of benzene rings is 2. The van der Waals surface area contributed by atoms with Crippen molar-refractivity contribution in [3.63, 3.8) is 0 Å². The van der Waals surface area contributed by atoms with Gasteiger partial charge in [-0.1, -0.05) is 44.5 Å². The maximum absolute atomic E-state index is 12.1. The van der Waals surface area contributed by atoms with Crippen molar-refractivity contribution in [3.8, 4) is 11.3 Å². The minimum Gasteiger partial charge on any atom is -0.457 e. The summed E-state index contributed by atoms with van der Waals surface area (Å²) in [5, 5.41) is 3.53. The fourth-order valence-corrected chi connectivity index (χ4v) is 2.73. The van der Waals surface area contributed by atoms with Crippen LogP contribution in [0.2, 0.25) is 5.02 Å². The van der Waals surface area contributed by atoms with Gasteiger partial charge in [-0.3, -0.25) is 4.79 Å². The van der Waals surface area contributed by atoms with Crippen LogP contribution in [0, 0.1) is 0 Å². The summed E-state index contributed by atoms with van der Waals surface area (Å²) in [6.07, 6.45) is 3.11. The summed E-state index contributed by atoms with van der Waals surface area (Å²) in [5.41, 5.74) is 3.01. The minimum absolute atomic E-state index is 0.0868. The van der Waals surface area contributed by atoms with E-state index >= 15 is 0 Å². The highest BCUT2D eigenvalue weighted by atomic mass is 35.5. The van der Waals surface area contributed by atoms with Crippen LogP contribution in [0.1, 0.15) is 32.1 Å². The first-order valence-corrected chi connectivity index (χ1v) is 9.14. The van der Waals surface area contributed by atoms with Gasteiger partial charge < -0.3 is 9.73 Å². The standard InChI is InChI=1S/C23H22ClNO2/c1-23(2,3)17-6-10-19(11-7-17)25-22(26)15-13-20-12-14-21(27-20)16-4-8-18(24)9-5-16/h4-15H,1-3H3,(H,25,26). The number of hydrogen-bond acceptors (Lipinski definition) is 2. The van der Waals surface area contributed by atoms with Crippen molar-refractivity contribution in [2.24, 2.45) is 0 Å². The van der Waals surface area contributed by atoms with Gasteiger partial charge in [0.2, 0.25) is 5.91 Å². The van der Waals surface area contributed by atoms with Gasteiger partial charge in [0.05, 0.1) is 0 Å². The molecule has 0 spiro atoms. The fourth-order valence-electron chi connectivity index (χ4n) is 2.61.